The van der Waals surface area contributed by atoms with Gasteiger partial charge in [0.1, 0.15) is 5.75 Å². The molecule has 1 fully saturated rings. The van der Waals surface area contributed by atoms with E-state index in [-0.39, 0.29) is 12.0 Å². The first-order valence-corrected chi connectivity index (χ1v) is 7.58. The van der Waals surface area contributed by atoms with Crippen molar-refractivity contribution in [3.05, 3.63) is 23.8 Å². The number of carbonyl (C=O) groups excluding carboxylic acids is 1. The highest BCUT2D eigenvalue weighted by Crippen LogP contribution is 2.23. The summed E-state index contributed by atoms with van der Waals surface area (Å²) < 4.78 is 10.9. The molecular weight excluding hydrogens is 268 g/mol. The van der Waals surface area contributed by atoms with E-state index in [2.05, 4.69) is 5.32 Å². The lowest BCUT2D eigenvalue weighted by Gasteiger charge is -2.11. The molecule has 0 spiro atoms. The fourth-order valence-electron chi connectivity index (χ4n) is 2.42. The van der Waals surface area contributed by atoms with Crippen molar-refractivity contribution in [2.75, 3.05) is 25.5 Å². The molecule has 0 aliphatic carbocycles. The summed E-state index contributed by atoms with van der Waals surface area (Å²) in [6.45, 7) is 3.94. The van der Waals surface area contributed by atoms with Crippen molar-refractivity contribution in [2.45, 2.75) is 38.7 Å². The number of benzene rings is 1. The van der Waals surface area contributed by atoms with Crippen LogP contribution in [-0.2, 0) is 16.0 Å². The quantitative estimate of drug-likeness (QED) is 0.753. The number of nitrogen functional groups attached to an aromatic ring is 1. The first kappa shape index (κ1) is 15.6. The fraction of sp³-hybridized carbons (Fsp3) is 0.562. The summed E-state index contributed by atoms with van der Waals surface area (Å²) in [5, 5.41) is 2.92. The van der Waals surface area contributed by atoms with Gasteiger partial charge in [-0.3, -0.25) is 4.79 Å². The standard InChI is InChI=1S/C16H24N2O3/c1-2-20-15-7-5-12(10-14(15)17)6-8-16(19)18-11-13-4-3-9-21-13/h5,7,10,13H,2-4,6,8-9,11,17H2,1H3,(H,18,19). The Morgan fingerprint density at radius 2 is 2.38 bits per heavy atom. The third-order valence-electron chi connectivity index (χ3n) is 3.57. The third-order valence-corrected chi connectivity index (χ3v) is 3.57. The molecule has 1 unspecified atom stereocenters. The Hall–Kier alpha value is -1.75. The Bertz CT molecular complexity index is 471. The minimum Gasteiger partial charge on any atom is -0.492 e. The molecule has 5 heteroatoms. The summed E-state index contributed by atoms with van der Waals surface area (Å²) in [7, 11) is 0. The Morgan fingerprint density at radius 3 is 3.05 bits per heavy atom. The molecule has 1 amide bonds. The number of rotatable bonds is 7. The Morgan fingerprint density at radius 1 is 1.52 bits per heavy atom. The van der Waals surface area contributed by atoms with Crippen LogP contribution in [0, 0.1) is 0 Å². The van der Waals surface area contributed by atoms with Crippen LogP contribution in [0.5, 0.6) is 5.75 Å². The first-order valence-electron chi connectivity index (χ1n) is 7.58. The summed E-state index contributed by atoms with van der Waals surface area (Å²) in [5.74, 6) is 0.752. The molecule has 0 bridgehead atoms. The molecule has 1 aromatic carbocycles. The minimum atomic E-state index is 0.0537. The van der Waals surface area contributed by atoms with Crippen molar-refractivity contribution in [2.24, 2.45) is 0 Å². The largest absolute Gasteiger partial charge is 0.492 e. The number of ether oxygens (including phenoxy) is 2. The summed E-state index contributed by atoms with van der Waals surface area (Å²) in [6.07, 6.45) is 3.45. The number of hydrogen-bond donors (Lipinski definition) is 2. The van der Waals surface area contributed by atoms with Crippen molar-refractivity contribution in [3.8, 4) is 5.75 Å². The molecule has 0 radical (unpaired) electrons. The van der Waals surface area contributed by atoms with E-state index in [1.165, 1.54) is 0 Å². The molecule has 1 atom stereocenters. The van der Waals surface area contributed by atoms with Gasteiger partial charge in [0.25, 0.3) is 0 Å². The highest BCUT2D eigenvalue weighted by Gasteiger charge is 2.16. The fourth-order valence-corrected chi connectivity index (χ4v) is 2.42. The van der Waals surface area contributed by atoms with Crippen LogP contribution < -0.4 is 15.8 Å². The number of nitrogens with two attached hydrogens (primary N) is 1. The van der Waals surface area contributed by atoms with E-state index in [0.717, 1.165) is 25.0 Å². The van der Waals surface area contributed by atoms with Crippen LogP contribution in [0.25, 0.3) is 0 Å². The topological polar surface area (TPSA) is 73.6 Å². The second kappa shape index (κ2) is 7.88. The molecule has 3 N–H and O–H groups in total. The van der Waals surface area contributed by atoms with Crippen molar-refractivity contribution >= 4 is 11.6 Å². The lowest BCUT2D eigenvalue weighted by molar-refractivity contribution is -0.121. The molecule has 1 saturated heterocycles. The maximum Gasteiger partial charge on any atom is 0.220 e. The van der Waals surface area contributed by atoms with Crippen LogP contribution in [-0.4, -0.2) is 31.8 Å². The molecule has 5 nitrogen and oxygen atoms in total. The van der Waals surface area contributed by atoms with Gasteiger partial charge in [0.15, 0.2) is 0 Å². The molecule has 1 aliphatic heterocycles. The molecule has 2 rings (SSSR count). The number of aryl methyl sites for hydroxylation is 1. The van der Waals surface area contributed by atoms with E-state index in [0.29, 0.717) is 37.4 Å². The zero-order valence-electron chi connectivity index (χ0n) is 12.6. The predicted molar refractivity (Wildman–Crippen MR) is 82.3 cm³/mol. The van der Waals surface area contributed by atoms with Crippen LogP contribution in [0.4, 0.5) is 5.69 Å². The lowest BCUT2D eigenvalue weighted by Crippen LogP contribution is -2.31. The van der Waals surface area contributed by atoms with Crippen LogP contribution in [0.15, 0.2) is 18.2 Å². The third kappa shape index (κ3) is 4.93. The van der Waals surface area contributed by atoms with Gasteiger partial charge in [0, 0.05) is 19.6 Å². The second-order valence-electron chi connectivity index (χ2n) is 5.24. The van der Waals surface area contributed by atoms with Gasteiger partial charge in [0.05, 0.1) is 18.4 Å². The van der Waals surface area contributed by atoms with Gasteiger partial charge in [0.2, 0.25) is 5.91 Å². The van der Waals surface area contributed by atoms with Crippen molar-refractivity contribution < 1.29 is 14.3 Å². The van der Waals surface area contributed by atoms with Crippen molar-refractivity contribution in [3.63, 3.8) is 0 Å². The number of anilines is 1. The summed E-state index contributed by atoms with van der Waals surface area (Å²) in [6, 6.07) is 5.69. The summed E-state index contributed by atoms with van der Waals surface area (Å²) >= 11 is 0. The van der Waals surface area contributed by atoms with Gasteiger partial charge in [-0.05, 0) is 43.9 Å². The summed E-state index contributed by atoms with van der Waals surface area (Å²) in [5.41, 5.74) is 7.58. The number of nitrogens with one attached hydrogen (secondary N) is 1. The average Bonchev–Trinajstić information content (AvgIpc) is 2.99. The molecule has 0 aromatic heterocycles. The molecule has 0 saturated carbocycles. The zero-order chi connectivity index (χ0) is 15.1. The molecule has 1 heterocycles. The van der Waals surface area contributed by atoms with E-state index in [1.54, 1.807) is 0 Å². The molecule has 1 aliphatic rings. The van der Waals surface area contributed by atoms with Crippen LogP contribution in [0.1, 0.15) is 31.7 Å². The molecular formula is C16H24N2O3. The van der Waals surface area contributed by atoms with Crippen LogP contribution in [0.2, 0.25) is 0 Å². The predicted octanol–water partition coefficient (Wildman–Crippen LogP) is 1.90. The zero-order valence-corrected chi connectivity index (χ0v) is 12.6. The van der Waals surface area contributed by atoms with Crippen LogP contribution >= 0.6 is 0 Å². The molecule has 116 valence electrons. The van der Waals surface area contributed by atoms with Gasteiger partial charge in [-0.1, -0.05) is 6.07 Å². The van der Waals surface area contributed by atoms with E-state index < -0.39 is 0 Å². The number of carbonyl (C=O) groups is 1. The SMILES string of the molecule is CCOc1ccc(CCC(=O)NCC2CCCO2)cc1N. The van der Waals surface area contributed by atoms with E-state index in [4.69, 9.17) is 15.2 Å². The summed E-state index contributed by atoms with van der Waals surface area (Å²) in [4.78, 5) is 11.8. The Balaban J connectivity index is 1.74. The van der Waals surface area contributed by atoms with Gasteiger partial charge in [-0.2, -0.15) is 0 Å². The van der Waals surface area contributed by atoms with E-state index in [1.807, 2.05) is 25.1 Å². The first-order chi connectivity index (χ1) is 10.2. The van der Waals surface area contributed by atoms with Crippen molar-refractivity contribution in [1.29, 1.82) is 0 Å². The number of hydrogen-bond acceptors (Lipinski definition) is 4. The maximum absolute atomic E-state index is 11.8. The lowest BCUT2D eigenvalue weighted by atomic mass is 10.1. The Kier molecular flexibility index (Phi) is 5.87. The minimum absolute atomic E-state index is 0.0537. The normalized spacial score (nSPS) is 17.7. The highest BCUT2D eigenvalue weighted by molar-refractivity contribution is 5.76. The maximum atomic E-state index is 11.8. The van der Waals surface area contributed by atoms with Crippen molar-refractivity contribution in [1.82, 2.24) is 5.32 Å². The van der Waals surface area contributed by atoms with Gasteiger partial charge in [-0.15, -0.1) is 0 Å². The van der Waals surface area contributed by atoms with E-state index >= 15 is 0 Å². The van der Waals surface area contributed by atoms with E-state index in [9.17, 15) is 4.79 Å². The molecule has 21 heavy (non-hydrogen) atoms. The second-order valence-corrected chi connectivity index (χ2v) is 5.24. The molecule has 1 aromatic rings. The number of amides is 1. The smallest absolute Gasteiger partial charge is 0.220 e. The Labute approximate surface area is 125 Å². The van der Waals surface area contributed by atoms with Gasteiger partial charge >= 0.3 is 0 Å². The average molecular weight is 292 g/mol. The highest BCUT2D eigenvalue weighted by atomic mass is 16.5. The van der Waals surface area contributed by atoms with Crippen LogP contribution in [0.3, 0.4) is 0 Å². The monoisotopic (exact) mass is 292 g/mol. The van der Waals surface area contributed by atoms with Gasteiger partial charge < -0.3 is 20.5 Å². The van der Waals surface area contributed by atoms with Gasteiger partial charge in [-0.25, -0.2) is 0 Å².